The molecule has 1 atom stereocenters. The molecule has 1 N–H and O–H groups in total. The summed E-state index contributed by atoms with van der Waals surface area (Å²) >= 11 is 0. The van der Waals surface area contributed by atoms with Crippen molar-refractivity contribution in [2.45, 2.75) is 38.8 Å². The van der Waals surface area contributed by atoms with Crippen LogP contribution >= 0.6 is 0 Å². The van der Waals surface area contributed by atoms with E-state index in [1.54, 1.807) is 7.11 Å². The topological polar surface area (TPSA) is 52.0 Å². The number of nitrogens with zero attached hydrogens (tertiary/aromatic N) is 3. The molecule has 2 aromatic rings. The number of rotatable bonds is 5. The van der Waals surface area contributed by atoms with Crippen LogP contribution in [0.25, 0.3) is 0 Å². The molecular weight excluding hydrogens is 264 g/mol. The van der Waals surface area contributed by atoms with Crippen LogP contribution in [0.2, 0.25) is 0 Å². The standard InChI is InChI=1S/C16H22N4O/c1-3-4-14-16-19-18-15(20(16)10-9-17-14)11-12-5-7-13(21-2)8-6-12/h5-8,14,17H,3-4,9-11H2,1-2H3. The van der Waals surface area contributed by atoms with Gasteiger partial charge in [0.2, 0.25) is 0 Å². The molecule has 0 fully saturated rings. The minimum atomic E-state index is 0.348. The number of aromatic nitrogens is 3. The van der Waals surface area contributed by atoms with E-state index in [0.29, 0.717) is 6.04 Å². The monoisotopic (exact) mass is 286 g/mol. The molecule has 1 aliphatic heterocycles. The lowest BCUT2D eigenvalue weighted by molar-refractivity contribution is 0.388. The van der Waals surface area contributed by atoms with E-state index in [1.807, 2.05) is 12.1 Å². The highest BCUT2D eigenvalue weighted by Gasteiger charge is 2.23. The van der Waals surface area contributed by atoms with Gasteiger partial charge in [0, 0.05) is 19.5 Å². The molecule has 0 bridgehead atoms. The molecule has 0 radical (unpaired) electrons. The second kappa shape index (κ2) is 6.26. The van der Waals surface area contributed by atoms with Crippen LogP contribution in [0.4, 0.5) is 0 Å². The van der Waals surface area contributed by atoms with Gasteiger partial charge in [0.1, 0.15) is 17.4 Å². The molecule has 0 saturated heterocycles. The molecule has 1 aromatic heterocycles. The maximum Gasteiger partial charge on any atom is 0.150 e. The average molecular weight is 286 g/mol. The number of nitrogens with one attached hydrogen (secondary N) is 1. The van der Waals surface area contributed by atoms with Gasteiger partial charge in [0.25, 0.3) is 0 Å². The molecule has 0 amide bonds. The quantitative estimate of drug-likeness (QED) is 0.916. The molecule has 21 heavy (non-hydrogen) atoms. The Morgan fingerprint density at radius 3 is 2.81 bits per heavy atom. The third-order valence-electron chi connectivity index (χ3n) is 3.99. The minimum absolute atomic E-state index is 0.348. The number of hydrogen-bond donors (Lipinski definition) is 1. The number of ether oxygens (including phenoxy) is 1. The Morgan fingerprint density at radius 2 is 2.10 bits per heavy atom. The molecule has 1 unspecified atom stereocenters. The SMILES string of the molecule is CCCC1NCCn2c(Cc3ccc(OC)cc3)nnc21. The lowest BCUT2D eigenvalue weighted by atomic mass is 10.1. The molecule has 0 aliphatic carbocycles. The van der Waals surface area contributed by atoms with Gasteiger partial charge in [0.15, 0.2) is 0 Å². The summed E-state index contributed by atoms with van der Waals surface area (Å²) in [7, 11) is 1.69. The summed E-state index contributed by atoms with van der Waals surface area (Å²) in [5.74, 6) is 3.03. The summed E-state index contributed by atoms with van der Waals surface area (Å²) in [5.41, 5.74) is 1.23. The van der Waals surface area contributed by atoms with Gasteiger partial charge < -0.3 is 14.6 Å². The van der Waals surface area contributed by atoms with Crippen molar-refractivity contribution < 1.29 is 4.74 Å². The van der Waals surface area contributed by atoms with Crippen molar-refractivity contribution in [3.63, 3.8) is 0 Å². The van der Waals surface area contributed by atoms with E-state index in [1.165, 1.54) is 5.56 Å². The van der Waals surface area contributed by atoms with Crippen molar-refractivity contribution in [3.05, 3.63) is 41.5 Å². The van der Waals surface area contributed by atoms with Crippen molar-refractivity contribution in [2.24, 2.45) is 0 Å². The Balaban J connectivity index is 1.80. The molecule has 1 aromatic carbocycles. The van der Waals surface area contributed by atoms with E-state index < -0.39 is 0 Å². The number of hydrogen-bond acceptors (Lipinski definition) is 4. The Kier molecular flexibility index (Phi) is 4.20. The number of benzene rings is 1. The zero-order valence-corrected chi connectivity index (χ0v) is 12.7. The van der Waals surface area contributed by atoms with E-state index in [9.17, 15) is 0 Å². The second-order valence-electron chi connectivity index (χ2n) is 5.45. The lowest BCUT2D eigenvalue weighted by Crippen LogP contribution is -2.34. The summed E-state index contributed by atoms with van der Waals surface area (Å²) in [6.07, 6.45) is 3.08. The largest absolute Gasteiger partial charge is 0.497 e. The Labute approximate surface area is 125 Å². The minimum Gasteiger partial charge on any atom is -0.497 e. The smallest absolute Gasteiger partial charge is 0.150 e. The summed E-state index contributed by atoms with van der Waals surface area (Å²) in [6, 6.07) is 8.51. The number of methoxy groups -OCH3 is 1. The second-order valence-corrected chi connectivity index (χ2v) is 5.45. The first-order valence-corrected chi connectivity index (χ1v) is 7.60. The summed E-state index contributed by atoms with van der Waals surface area (Å²) < 4.78 is 7.47. The van der Waals surface area contributed by atoms with Gasteiger partial charge >= 0.3 is 0 Å². The molecular formula is C16H22N4O. The molecule has 2 heterocycles. The van der Waals surface area contributed by atoms with E-state index in [0.717, 1.165) is 49.8 Å². The van der Waals surface area contributed by atoms with Gasteiger partial charge in [-0.2, -0.15) is 0 Å². The molecule has 5 nitrogen and oxygen atoms in total. The molecule has 1 aliphatic rings. The van der Waals surface area contributed by atoms with Crippen molar-refractivity contribution in [1.82, 2.24) is 20.1 Å². The first-order valence-electron chi connectivity index (χ1n) is 7.60. The zero-order chi connectivity index (χ0) is 14.7. The maximum absolute atomic E-state index is 5.19. The molecule has 5 heteroatoms. The van der Waals surface area contributed by atoms with Gasteiger partial charge in [0.05, 0.1) is 13.2 Å². The van der Waals surface area contributed by atoms with Crippen molar-refractivity contribution in [3.8, 4) is 5.75 Å². The van der Waals surface area contributed by atoms with Crippen LogP contribution < -0.4 is 10.1 Å². The lowest BCUT2D eigenvalue weighted by Gasteiger charge is -2.24. The van der Waals surface area contributed by atoms with E-state index in [4.69, 9.17) is 4.74 Å². The Hall–Kier alpha value is -1.88. The molecule has 112 valence electrons. The van der Waals surface area contributed by atoms with E-state index >= 15 is 0 Å². The van der Waals surface area contributed by atoms with Crippen molar-refractivity contribution >= 4 is 0 Å². The third kappa shape index (κ3) is 2.93. The first kappa shape index (κ1) is 14.1. The van der Waals surface area contributed by atoms with Crippen LogP contribution in [0, 0.1) is 0 Å². The van der Waals surface area contributed by atoms with Crippen molar-refractivity contribution in [1.29, 1.82) is 0 Å². The van der Waals surface area contributed by atoms with Crippen LogP contribution in [-0.2, 0) is 13.0 Å². The van der Waals surface area contributed by atoms with Gasteiger partial charge in [-0.1, -0.05) is 25.5 Å². The highest BCUT2D eigenvalue weighted by Crippen LogP contribution is 2.22. The van der Waals surface area contributed by atoms with Crippen LogP contribution in [0.3, 0.4) is 0 Å². The van der Waals surface area contributed by atoms with Gasteiger partial charge in [-0.05, 0) is 24.1 Å². The van der Waals surface area contributed by atoms with Crippen LogP contribution in [0.15, 0.2) is 24.3 Å². The Morgan fingerprint density at radius 1 is 1.29 bits per heavy atom. The fourth-order valence-electron chi connectivity index (χ4n) is 2.87. The highest BCUT2D eigenvalue weighted by atomic mass is 16.5. The molecule has 0 spiro atoms. The Bertz CT molecular complexity index is 591. The van der Waals surface area contributed by atoms with Crippen molar-refractivity contribution in [2.75, 3.05) is 13.7 Å². The number of fused-ring (bicyclic) bond motifs is 1. The zero-order valence-electron chi connectivity index (χ0n) is 12.7. The van der Waals surface area contributed by atoms with Gasteiger partial charge in [-0.3, -0.25) is 0 Å². The van der Waals surface area contributed by atoms with Crippen LogP contribution in [0.1, 0.15) is 43.0 Å². The van der Waals surface area contributed by atoms with Gasteiger partial charge in [-0.25, -0.2) is 0 Å². The molecule has 0 saturated carbocycles. The predicted molar refractivity (Wildman–Crippen MR) is 81.5 cm³/mol. The van der Waals surface area contributed by atoms with Gasteiger partial charge in [-0.15, -0.1) is 10.2 Å². The highest BCUT2D eigenvalue weighted by molar-refractivity contribution is 5.29. The third-order valence-corrected chi connectivity index (χ3v) is 3.99. The fraction of sp³-hybridized carbons (Fsp3) is 0.500. The summed E-state index contributed by atoms with van der Waals surface area (Å²) in [4.78, 5) is 0. The van der Waals surface area contributed by atoms with E-state index in [2.05, 4.69) is 39.1 Å². The predicted octanol–water partition coefficient (Wildman–Crippen LogP) is 2.32. The first-order chi connectivity index (χ1) is 10.3. The summed E-state index contributed by atoms with van der Waals surface area (Å²) in [5, 5.41) is 12.4. The normalized spacial score (nSPS) is 17.5. The van der Waals surface area contributed by atoms with Crippen LogP contribution in [0.5, 0.6) is 5.75 Å². The summed E-state index contributed by atoms with van der Waals surface area (Å²) in [6.45, 7) is 4.15. The fourth-order valence-corrected chi connectivity index (χ4v) is 2.87. The molecule has 3 rings (SSSR count). The average Bonchev–Trinajstić information content (AvgIpc) is 2.93. The van der Waals surface area contributed by atoms with E-state index in [-0.39, 0.29) is 0 Å². The maximum atomic E-state index is 5.19. The van der Waals surface area contributed by atoms with Crippen LogP contribution in [-0.4, -0.2) is 28.4 Å².